The van der Waals surface area contributed by atoms with E-state index in [1.165, 1.54) is 56.3 Å². The van der Waals surface area contributed by atoms with Gasteiger partial charge < -0.3 is 5.32 Å². The predicted octanol–water partition coefficient (Wildman–Crippen LogP) is 3.37. The van der Waals surface area contributed by atoms with Crippen LogP contribution in [0.1, 0.15) is 48.8 Å². The van der Waals surface area contributed by atoms with E-state index in [4.69, 9.17) is 0 Å². The van der Waals surface area contributed by atoms with Gasteiger partial charge in [-0.05, 0) is 32.3 Å². The van der Waals surface area contributed by atoms with Crippen molar-refractivity contribution in [2.75, 3.05) is 26.2 Å². The molecule has 2 heteroatoms. The van der Waals surface area contributed by atoms with Gasteiger partial charge >= 0.3 is 0 Å². The zero-order valence-corrected chi connectivity index (χ0v) is 13.0. The Morgan fingerprint density at radius 2 is 1.50 bits per heavy atom. The van der Waals surface area contributed by atoms with Crippen molar-refractivity contribution in [3.8, 4) is 0 Å². The lowest BCUT2D eigenvalue weighted by atomic mass is 9.74. The Hall–Kier alpha value is -0.860. The standard InChI is InChI=1S/C18H28N2/c1-15-12-16(2)14-17(13-15)18(6-4-3-5-7-18)20-10-8-19-9-11-20/h12-14,19H,3-11H2,1-2H3. The van der Waals surface area contributed by atoms with Crippen LogP contribution < -0.4 is 5.32 Å². The Morgan fingerprint density at radius 3 is 2.10 bits per heavy atom. The zero-order chi connectivity index (χ0) is 14.0. The summed E-state index contributed by atoms with van der Waals surface area (Å²) in [5.74, 6) is 0. The zero-order valence-electron chi connectivity index (χ0n) is 13.0. The Balaban J connectivity index is 1.99. The summed E-state index contributed by atoms with van der Waals surface area (Å²) < 4.78 is 0. The highest BCUT2D eigenvalue weighted by molar-refractivity contribution is 5.34. The van der Waals surface area contributed by atoms with Gasteiger partial charge in [0.15, 0.2) is 0 Å². The Morgan fingerprint density at radius 1 is 0.900 bits per heavy atom. The molecule has 0 bridgehead atoms. The normalized spacial score (nSPS) is 23.7. The van der Waals surface area contributed by atoms with E-state index in [9.17, 15) is 0 Å². The Kier molecular flexibility index (Phi) is 4.13. The molecule has 1 aliphatic heterocycles. The van der Waals surface area contributed by atoms with Gasteiger partial charge in [0.2, 0.25) is 0 Å². The Labute approximate surface area is 123 Å². The molecule has 3 rings (SSSR count). The van der Waals surface area contributed by atoms with Crippen LogP contribution in [0, 0.1) is 13.8 Å². The van der Waals surface area contributed by atoms with E-state index >= 15 is 0 Å². The molecule has 0 atom stereocenters. The van der Waals surface area contributed by atoms with Crippen LogP contribution in [0.15, 0.2) is 18.2 Å². The van der Waals surface area contributed by atoms with Gasteiger partial charge in [0.25, 0.3) is 0 Å². The van der Waals surface area contributed by atoms with Crippen molar-refractivity contribution in [1.82, 2.24) is 10.2 Å². The fourth-order valence-electron chi connectivity index (χ4n) is 4.26. The average Bonchev–Trinajstić information content (AvgIpc) is 2.48. The average molecular weight is 272 g/mol. The third-order valence-electron chi connectivity index (χ3n) is 5.16. The molecule has 0 unspecified atom stereocenters. The third kappa shape index (κ3) is 2.64. The number of benzene rings is 1. The van der Waals surface area contributed by atoms with Crippen molar-refractivity contribution in [2.45, 2.75) is 51.5 Å². The van der Waals surface area contributed by atoms with Crippen molar-refractivity contribution in [1.29, 1.82) is 0 Å². The van der Waals surface area contributed by atoms with Gasteiger partial charge in [-0.1, -0.05) is 48.6 Å². The van der Waals surface area contributed by atoms with Crippen LogP contribution in [-0.4, -0.2) is 31.1 Å². The lowest BCUT2D eigenvalue weighted by Crippen LogP contribution is -2.55. The number of hydrogen-bond donors (Lipinski definition) is 1. The van der Waals surface area contributed by atoms with Gasteiger partial charge in [0, 0.05) is 31.7 Å². The molecule has 1 N–H and O–H groups in total. The fourth-order valence-corrected chi connectivity index (χ4v) is 4.26. The largest absolute Gasteiger partial charge is 0.314 e. The highest BCUT2D eigenvalue weighted by atomic mass is 15.2. The summed E-state index contributed by atoms with van der Waals surface area (Å²) in [6.07, 6.45) is 6.87. The van der Waals surface area contributed by atoms with Crippen LogP contribution in [0.2, 0.25) is 0 Å². The summed E-state index contributed by atoms with van der Waals surface area (Å²) in [6.45, 7) is 9.18. The van der Waals surface area contributed by atoms with E-state index in [1.807, 2.05) is 0 Å². The second-order valence-electron chi connectivity index (χ2n) is 6.71. The number of nitrogens with one attached hydrogen (secondary N) is 1. The molecule has 2 nitrogen and oxygen atoms in total. The first-order valence-corrected chi connectivity index (χ1v) is 8.25. The summed E-state index contributed by atoms with van der Waals surface area (Å²) in [7, 11) is 0. The van der Waals surface area contributed by atoms with Crippen molar-refractivity contribution in [3.05, 3.63) is 34.9 Å². The van der Waals surface area contributed by atoms with Crippen LogP contribution in [0.5, 0.6) is 0 Å². The second kappa shape index (κ2) is 5.87. The van der Waals surface area contributed by atoms with Gasteiger partial charge in [0.05, 0.1) is 0 Å². The van der Waals surface area contributed by atoms with Crippen LogP contribution in [-0.2, 0) is 5.54 Å². The minimum absolute atomic E-state index is 0.317. The number of piperazine rings is 1. The van der Waals surface area contributed by atoms with Gasteiger partial charge in [-0.3, -0.25) is 4.90 Å². The molecule has 0 amide bonds. The van der Waals surface area contributed by atoms with Crippen molar-refractivity contribution in [3.63, 3.8) is 0 Å². The van der Waals surface area contributed by atoms with Gasteiger partial charge in [-0.2, -0.15) is 0 Å². The van der Waals surface area contributed by atoms with E-state index in [0.717, 1.165) is 13.1 Å². The van der Waals surface area contributed by atoms with Gasteiger partial charge in [-0.25, -0.2) is 0 Å². The maximum absolute atomic E-state index is 3.50. The summed E-state index contributed by atoms with van der Waals surface area (Å²) in [4.78, 5) is 2.77. The molecule has 1 aromatic carbocycles. The molecule has 1 aliphatic carbocycles. The molecule has 0 radical (unpaired) electrons. The van der Waals surface area contributed by atoms with Crippen LogP contribution in [0.4, 0.5) is 0 Å². The lowest BCUT2D eigenvalue weighted by molar-refractivity contribution is 0.0361. The number of aryl methyl sites for hydroxylation is 2. The molecule has 1 saturated heterocycles. The molecule has 1 saturated carbocycles. The van der Waals surface area contributed by atoms with Crippen LogP contribution >= 0.6 is 0 Å². The molecular formula is C18H28N2. The van der Waals surface area contributed by atoms with E-state index in [0.29, 0.717) is 5.54 Å². The summed E-state index contributed by atoms with van der Waals surface area (Å²) >= 11 is 0. The first kappa shape index (κ1) is 14.1. The van der Waals surface area contributed by atoms with Crippen molar-refractivity contribution >= 4 is 0 Å². The van der Waals surface area contributed by atoms with E-state index in [-0.39, 0.29) is 0 Å². The quantitative estimate of drug-likeness (QED) is 0.888. The number of hydrogen-bond acceptors (Lipinski definition) is 2. The van der Waals surface area contributed by atoms with Crippen molar-refractivity contribution in [2.24, 2.45) is 0 Å². The van der Waals surface area contributed by atoms with Crippen molar-refractivity contribution < 1.29 is 0 Å². The highest BCUT2D eigenvalue weighted by Gasteiger charge is 2.39. The monoisotopic (exact) mass is 272 g/mol. The molecule has 2 aliphatic rings. The van der Waals surface area contributed by atoms with E-state index in [2.05, 4.69) is 42.3 Å². The number of rotatable bonds is 2. The van der Waals surface area contributed by atoms with E-state index in [1.54, 1.807) is 5.56 Å². The molecule has 2 fully saturated rings. The smallest absolute Gasteiger partial charge is 0.0461 e. The minimum Gasteiger partial charge on any atom is -0.314 e. The highest BCUT2D eigenvalue weighted by Crippen LogP contribution is 2.43. The van der Waals surface area contributed by atoms with Gasteiger partial charge in [-0.15, -0.1) is 0 Å². The molecule has 1 aromatic rings. The fraction of sp³-hybridized carbons (Fsp3) is 0.667. The molecule has 110 valence electrons. The SMILES string of the molecule is Cc1cc(C)cc(C2(N3CCNCC3)CCCCC2)c1. The van der Waals surface area contributed by atoms with E-state index < -0.39 is 0 Å². The summed E-state index contributed by atoms with van der Waals surface area (Å²) in [5, 5.41) is 3.50. The maximum Gasteiger partial charge on any atom is 0.0461 e. The van der Waals surface area contributed by atoms with Gasteiger partial charge in [0.1, 0.15) is 0 Å². The minimum atomic E-state index is 0.317. The maximum atomic E-state index is 3.50. The van der Waals surface area contributed by atoms with Crippen LogP contribution in [0.3, 0.4) is 0 Å². The summed E-state index contributed by atoms with van der Waals surface area (Å²) in [6, 6.07) is 7.19. The molecule has 0 aromatic heterocycles. The number of nitrogens with zero attached hydrogens (tertiary/aromatic N) is 1. The molecule has 1 heterocycles. The molecular weight excluding hydrogens is 244 g/mol. The third-order valence-corrected chi connectivity index (χ3v) is 5.16. The summed E-state index contributed by atoms with van der Waals surface area (Å²) in [5.41, 5.74) is 4.73. The lowest BCUT2D eigenvalue weighted by Gasteiger charge is -2.49. The van der Waals surface area contributed by atoms with Crippen LogP contribution in [0.25, 0.3) is 0 Å². The Bertz CT molecular complexity index is 434. The second-order valence-corrected chi connectivity index (χ2v) is 6.71. The molecule has 20 heavy (non-hydrogen) atoms. The molecule has 0 spiro atoms. The first-order valence-electron chi connectivity index (χ1n) is 8.25. The first-order chi connectivity index (χ1) is 9.71. The predicted molar refractivity (Wildman–Crippen MR) is 85.1 cm³/mol. The topological polar surface area (TPSA) is 15.3 Å².